The van der Waals surface area contributed by atoms with E-state index >= 15 is 0 Å². The van der Waals surface area contributed by atoms with Gasteiger partial charge in [0, 0.05) is 30.0 Å². The molecule has 1 saturated carbocycles. The van der Waals surface area contributed by atoms with Crippen LogP contribution in [-0.4, -0.2) is 28.0 Å². The van der Waals surface area contributed by atoms with E-state index in [0.717, 1.165) is 5.56 Å². The number of nitrogens with one attached hydrogen (secondary N) is 4. The first-order valence-electron chi connectivity index (χ1n) is 12.9. The number of carbonyl (C=O) groups excluding carboxylic acids is 1. The van der Waals surface area contributed by atoms with E-state index in [9.17, 15) is 19.7 Å². The summed E-state index contributed by atoms with van der Waals surface area (Å²) in [6.45, 7) is 6.85. The van der Waals surface area contributed by atoms with E-state index < -0.39 is 17.5 Å². The summed E-state index contributed by atoms with van der Waals surface area (Å²) in [5.74, 6) is -0.793. The summed E-state index contributed by atoms with van der Waals surface area (Å²) in [5.41, 5.74) is 14.7. The zero-order valence-corrected chi connectivity index (χ0v) is 22.5. The lowest BCUT2D eigenvalue weighted by Gasteiger charge is -2.23. The standard InChI is InChI=1S/C29H30FN9O/c1-28(2,3)16-35-25-19(13-32)14-34-24-18(12-31)10-21(11-22(24)25)36-26(17-4-6-20(30)7-5-17)23-15-39(38-37-23)29(8-9-29)27(33)40/h4-7,10-11,14-15,26,36-38H,8-9,16H2,1-3H3,(H2,33,40)(H,34,35)/t26-/m0/s1. The van der Waals surface area contributed by atoms with Crippen LogP contribution in [-0.2, 0) is 4.79 Å². The molecule has 2 aromatic carbocycles. The summed E-state index contributed by atoms with van der Waals surface area (Å²) in [5, 5.41) is 28.9. The smallest absolute Gasteiger partial charge is 0.244 e. The van der Waals surface area contributed by atoms with Crippen molar-refractivity contribution >= 4 is 28.2 Å². The molecule has 204 valence electrons. The van der Waals surface area contributed by atoms with Crippen molar-refractivity contribution in [2.75, 3.05) is 17.2 Å². The van der Waals surface area contributed by atoms with Crippen LogP contribution in [0.5, 0.6) is 0 Å². The van der Waals surface area contributed by atoms with Gasteiger partial charge < -0.3 is 21.8 Å². The molecule has 1 aliphatic carbocycles. The fourth-order valence-electron chi connectivity index (χ4n) is 4.69. The van der Waals surface area contributed by atoms with Gasteiger partial charge in [0.2, 0.25) is 5.91 Å². The first-order chi connectivity index (χ1) is 19.0. The lowest BCUT2D eigenvalue weighted by Crippen LogP contribution is -2.51. The number of rotatable bonds is 8. The predicted molar refractivity (Wildman–Crippen MR) is 149 cm³/mol. The molecule has 1 aliphatic heterocycles. The fourth-order valence-corrected chi connectivity index (χ4v) is 4.69. The molecule has 0 radical (unpaired) electrons. The summed E-state index contributed by atoms with van der Waals surface area (Å²) in [6.07, 6.45) is 4.51. The number of anilines is 2. The van der Waals surface area contributed by atoms with E-state index in [1.165, 1.54) is 18.3 Å². The zero-order valence-electron chi connectivity index (χ0n) is 22.5. The van der Waals surface area contributed by atoms with Gasteiger partial charge in [-0.3, -0.25) is 14.8 Å². The second kappa shape index (κ2) is 10.0. The minimum Gasteiger partial charge on any atom is -0.383 e. The molecule has 3 aromatic rings. The maximum Gasteiger partial charge on any atom is 0.244 e. The van der Waals surface area contributed by atoms with Gasteiger partial charge in [0.25, 0.3) is 0 Å². The van der Waals surface area contributed by atoms with Crippen molar-refractivity contribution in [1.29, 1.82) is 10.5 Å². The highest BCUT2D eigenvalue weighted by Crippen LogP contribution is 2.42. The Kier molecular flexibility index (Phi) is 6.70. The van der Waals surface area contributed by atoms with Gasteiger partial charge in [-0.1, -0.05) is 32.9 Å². The second-order valence-electron chi connectivity index (χ2n) is 11.3. The Morgan fingerprint density at radius 1 is 1.20 bits per heavy atom. The Balaban J connectivity index is 1.59. The van der Waals surface area contributed by atoms with Crippen molar-refractivity contribution in [3.8, 4) is 12.1 Å². The molecule has 0 saturated heterocycles. The molecule has 6 N–H and O–H groups in total. The molecule has 1 amide bonds. The van der Waals surface area contributed by atoms with Crippen LogP contribution in [0.4, 0.5) is 15.8 Å². The minimum absolute atomic E-state index is 0.0623. The van der Waals surface area contributed by atoms with E-state index in [0.29, 0.717) is 58.5 Å². The first-order valence-corrected chi connectivity index (χ1v) is 12.9. The Labute approximate surface area is 231 Å². The number of hydrogen-bond acceptors (Lipinski definition) is 9. The number of hydrazine groups is 2. The number of carbonyl (C=O) groups is 1. The Morgan fingerprint density at radius 3 is 2.50 bits per heavy atom. The third-order valence-electron chi connectivity index (χ3n) is 7.07. The number of pyridine rings is 1. The largest absolute Gasteiger partial charge is 0.383 e. The van der Waals surface area contributed by atoms with Crippen LogP contribution in [0.15, 0.2) is 54.5 Å². The Morgan fingerprint density at radius 2 is 1.90 bits per heavy atom. The molecular weight excluding hydrogens is 509 g/mol. The van der Waals surface area contributed by atoms with Crippen LogP contribution in [0.2, 0.25) is 0 Å². The average Bonchev–Trinajstić information content (AvgIpc) is 3.60. The number of halogens is 1. The molecule has 1 aromatic heterocycles. The van der Waals surface area contributed by atoms with E-state index in [-0.39, 0.29) is 11.2 Å². The number of nitriles is 2. The highest BCUT2D eigenvalue weighted by molar-refractivity contribution is 5.99. The third-order valence-corrected chi connectivity index (χ3v) is 7.07. The van der Waals surface area contributed by atoms with E-state index in [1.54, 1.807) is 29.4 Å². The molecule has 0 bridgehead atoms. The van der Waals surface area contributed by atoms with Gasteiger partial charge in [0.1, 0.15) is 23.5 Å². The SMILES string of the molecule is CC(C)(C)CNc1c(C#N)cnc2c(C#N)cc(N[C@H](C3=CN(C4(C(N)=O)CC4)NN3)c3ccc(F)cc3)cc12. The monoisotopic (exact) mass is 539 g/mol. The van der Waals surface area contributed by atoms with Crippen molar-refractivity contribution in [3.05, 3.63) is 77.0 Å². The first kappa shape index (κ1) is 26.7. The van der Waals surface area contributed by atoms with Crippen molar-refractivity contribution in [3.63, 3.8) is 0 Å². The second-order valence-corrected chi connectivity index (χ2v) is 11.3. The van der Waals surface area contributed by atoms with Gasteiger partial charge in [-0.05, 0) is 48.1 Å². The molecular formula is C29H30FN9O. The highest BCUT2D eigenvalue weighted by atomic mass is 19.1. The Bertz CT molecular complexity index is 1590. The lowest BCUT2D eigenvalue weighted by atomic mass is 9.96. The molecule has 10 nitrogen and oxygen atoms in total. The molecule has 5 rings (SSSR count). The number of nitrogens with two attached hydrogens (primary N) is 1. The maximum atomic E-state index is 13.8. The van der Waals surface area contributed by atoms with E-state index in [4.69, 9.17) is 5.73 Å². The molecule has 11 heteroatoms. The number of hydrogen-bond donors (Lipinski definition) is 5. The zero-order chi connectivity index (χ0) is 28.7. The summed E-state index contributed by atoms with van der Waals surface area (Å²) in [7, 11) is 0. The average molecular weight is 540 g/mol. The molecule has 0 unspecified atom stereocenters. The van der Waals surface area contributed by atoms with E-state index in [2.05, 4.69) is 59.5 Å². The summed E-state index contributed by atoms with van der Waals surface area (Å²) >= 11 is 0. The summed E-state index contributed by atoms with van der Waals surface area (Å²) in [6, 6.07) is 13.5. The fraction of sp³-hybridized carbons (Fsp3) is 0.310. The van der Waals surface area contributed by atoms with Gasteiger partial charge in [-0.25, -0.2) is 4.39 Å². The minimum atomic E-state index is -0.800. The number of amides is 1. The highest BCUT2D eigenvalue weighted by Gasteiger charge is 2.54. The van der Waals surface area contributed by atoms with Gasteiger partial charge in [0.15, 0.2) is 0 Å². The van der Waals surface area contributed by atoms with Crippen LogP contribution >= 0.6 is 0 Å². The number of nitrogens with zero attached hydrogens (tertiary/aromatic N) is 4. The van der Waals surface area contributed by atoms with Crippen LogP contribution in [0.25, 0.3) is 10.9 Å². The molecule has 40 heavy (non-hydrogen) atoms. The summed E-state index contributed by atoms with van der Waals surface area (Å²) in [4.78, 5) is 16.5. The number of primary amides is 1. The molecule has 2 aliphatic rings. The van der Waals surface area contributed by atoms with Gasteiger partial charge >= 0.3 is 0 Å². The van der Waals surface area contributed by atoms with Gasteiger partial charge in [-0.15, -0.1) is 5.53 Å². The molecule has 2 heterocycles. The molecule has 1 atom stereocenters. The number of benzene rings is 2. The van der Waals surface area contributed by atoms with Crippen molar-refractivity contribution in [2.24, 2.45) is 11.1 Å². The number of aromatic nitrogens is 1. The normalized spacial score (nSPS) is 16.4. The number of fused-ring (bicyclic) bond motifs is 1. The lowest BCUT2D eigenvalue weighted by molar-refractivity contribution is -0.124. The summed E-state index contributed by atoms with van der Waals surface area (Å²) < 4.78 is 13.8. The topological polar surface area (TPSA) is 155 Å². The maximum absolute atomic E-state index is 13.8. The van der Waals surface area contributed by atoms with E-state index in [1.807, 2.05) is 6.07 Å². The molecule has 0 spiro atoms. The third kappa shape index (κ3) is 5.07. The van der Waals surface area contributed by atoms with Crippen LogP contribution in [0.3, 0.4) is 0 Å². The Hall–Kier alpha value is -4.87. The van der Waals surface area contributed by atoms with Crippen LogP contribution < -0.4 is 27.3 Å². The molecule has 1 fully saturated rings. The predicted octanol–water partition coefficient (Wildman–Crippen LogP) is 3.91. The van der Waals surface area contributed by atoms with Crippen molar-refractivity contribution in [1.82, 2.24) is 21.0 Å². The van der Waals surface area contributed by atoms with Crippen molar-refractivity contribution < 1.29 is 9.18 Å². The van der Waals surface area contributed by atoms with Crippen molar-refractivity contribution in [2.45, 2.75) is 45.2 Å². The van der Waals surface area contributed by atoms with Gasteiger partial charge in [0.05, 0.1) is 34.1 Å². The van der Waals surface area contributed by atoms with Crippen LogP contribution in [0.1, 0.15) is 56.3 Å². The quantitative estimate of drug-likeness (QED) is 0.286. The van der Waals surface area contributed by atoms with Crippen LogP contribution in [0, 0.1) is 33.9 Å². The van der Waals surface area contributed by atoms with Gasteiger partial charge in [-0.2, -0.15) is 10.5 Å².